The first-order chi connectivity index (χ1) is 9.43. The zero-order valence-corrected chi connectivity index (χ0v) is 10.3. The molecule has 0 spiro atoms. The van der Waals surface area contributed by atoms with Gasteiger partial charge < -0.3 is 10.3 Å². The van der Waals surface area contributed by atoms with Crippen LogP contribution in [0.25, 0.3) is 11.3 Å². The van der Waals surface area contributed by atoms with Gasteiger partial charge in [-0.15, -0.1) is 0 Å². The second-order valence-electron chi connectivity index (χ2n) is 4.17. The predicted octanol–water partition coefficient (Wildman–Crippen LogP) is 1.48. The molecular formula is C13H14N6. The number of hydrogen-bond donors (Lipinski definition) is 3. The molecule has 3 N–H and O–H groups in total. The third-order valence-corrected chi connectivity index (χ3v) is 2.83. The van der Waals surface area contributed by atoms with E-state index in [1.54, 1.807) is 12.5 Å². The number of aromatic amines is 2. The summed E-state index contributed by atoms with van der Waals surface area (Å²) in [6, 6.07) is 10.0. The average Bonchev–Trinajstić information content (AvgIpc) is 3.11. The molecule has 0 fully saturated rings. The van der Waals surface area contributed by atoms with Crippen LogP contribution in [0.1, 0.15) is 11.4 Å². The Labute approximate surface area is 110 Å². The Morgan fingerprint density at radius 2 is 1.95 bits per heavy atom. The lowest BCUT2D eigenvalue weighted by atomic mass is 10.1. The fourth-order valence-electron chi connectivity index (χ4n) is 1.90. The van der Waals surface area contributed by atoms with Gasteiger partial charge in [-0.3, -0.25) is 0 Å². The van der Waals surface area contributed by atoms with Gasteiger partial charge in [0.2, 0.25) is 0 Å². The summed E-state index contributed by atoms with van der Waals surface area (Å²) in [5, 5.41) is 14.4. The Morgan fingerprint density at radius 3 is 2.74 bits per heavy atom. The summed E-state index contributed by atoms with van der Waals surface area (Å²) >= 11 is 0. The van der Waals surface area contributed by atoms with Crippen LogP contribution in [0, 0.1) is 0 Å². The molecule has 2 heterocycles. The highest BCUT2D eigenvalue weighted by atomic mass is 15.3. The SMILES string of the molecule is c1ccc(-c2n[nH]nc2CNCc2cnc[nH]2)cc1. The number of hydrogen-bond acceptors (Lipinski definition) is 4. The van der Waals surface area contributed by atoms with Crippen LogP contribution in [0.3, 0.4) is 0 Å². The van der Waals surface area contributed by atoms with Gasteiger partial charge in [0.15, 0.2) is 0 Å². The van der Waals surface area contributed by atoms with Crippen LogP contribution in [0.4, 0.5) is 0 Å². The highest BCUT2D eigenvalue weighted by Gasteiger charge is 2.09. The summed E-state index contributed by atoms with van der Waals surface area (Å²) in [6.07, 6.45) is 3.47. The molecule has 2 aromatic heterocycles. The van der Waals surface area contributed by atoms with E-state index in [0.29, 0.717) is 6.54 Å². The third-order valence-electron chi connectivity index (χ3n) is 2.83. The third kappa shape index (κ3) is 2.69. The lowest BCUT2D eigenvalue weighted by Crippen LogP contribution is -2.13. The first-order valence-electron chi connectivity index (χ1n) is 6.06. The zero-order valence-electron chi connectivity index (χ0n) is 10.3. The molecule has 96 valence electrons. The normalized spacial score (nSPS) is 10.7. The molecule has 0 saturated carbocycles. The molecule has 0 amide bonds. The Kier molecular flexibility index (Phi) is 3.33. The van der Waals surface area contributed by atoms with Crippen molar-refractivity contribution in [3.63, 3.8) is 0 Å². The van der Waals surface area contributed by atoms with E-state index in [0.717, 1.165) is 29.2 Å². The smallest absolute Gasteiger partial charge is 0.117 e. The molecule has 6 heteroatoms. The van der Waals surface area contributed by atoms with Crippen molar-refractivity contribution in [1.82, 2.24) is 30.7 Å². The molecule has 3 rings (SSSR count). The predicted molar refractivity (Wildman–Crippen MR) is 71.0 cm³/mol. The van der Waals surface area contributed by atoms with Crippen molar-refractivity contribution >= 4 is 0 Å². The van der Waals surface area contributed by atoms with Crippen LogP contribution >= 0.6 is 0 Å². The Bertz CT molecular complexity index is 614. The van der Waals surface area contributed by atoms with Crippen LogP contribution < -0.4 is 5.32 Å². The maximum Gasteiger partial charge on any atom is 0.117 e. The minimum absolute atomic E-state index is 0.653. The van der Waals surface area contributed by atoms with Gasteiger partial charge in [-0.2, -0.15) is 15.4 Å². The second-order valence-corrected chi connectivity index (χ2v) is 4.17. The van der Waals surface area contributed by atoms with Crippen LogP contribution in [0.5, 0.6) is 0 Å². The van der Waals surface area contributed by atoms with Gasteiger partial charge in [0.05, 0.1) is 6.33 Å². The van der Waals surface area contributed by atoms with Crippen LogP contribution in [-0.4, -0.2) is 25.4 Å². The van der Waals surface area contributed by atoms with Gasteiger partial charge in [-0.05, 0) is 0 Å². The van der Waals surface area contributed by atoms with Gasteiger partial charge in [0.25, 0.3) is 0 Å². The van der Waals surface area contributed by atoms with Crippen molar-refractivity contribution in [2.24, 2.45) is 0 Å². The Hall–Kier alpha value is -2.47. The quantitative estimate of drug-likeness (QED) is 0.644. The summed E-state index contributed by atoms with van der Waals surface area (Å²) in [6.45, 7) is 1.38. The number of rotatable bonds is 5. The molecule has 0 saturated heterocycles. The monoisotopic (exact) mass is 254 g/mol. The molecule has 0 aliphatic rings. The Balaban J connectivity index is 1.67. The summed E-state index contributed by atoms with van der Waals surface area (Å²) in [5.74, 6) is 0. The van der Waals surface area contributed by atoms with E-state index in [4.69, 9.17) is 0 Å². The highest BCUT2D eigenvalue weighted by molar-refractivity contribution is 5.60. The highest BCUT2D eigenvalue weighted by Crippen LogP contribution is 2.18. The number of imidazole rings is 1. The van der Waals surface area contributed by atoms with Crippen molar-refractivity contribution < 1.29 is 0 Å². The van der Waals surface area contributed by atoms with Crippen molar-refractivity contribution in [2.45, 2.75) is 13.1 Å². The van der Waals surface area contributed by atoms with E-state index in [-0.39, 0.29) is 0 Å². The number of aromatic nitrogens is 5. The molecule has 19 heavy (non-hydrogen) atoms. The molecule has 0 aliphatic heterocycles. The van der Waals surface area contributed by atoms with Gasteiger partial charge in [-0.1, -0.05) is 30.3 Å². The van der Waals surface area contributed by atoms with Gasteiger partial charge in [0, 0.05) is 30.5 Å². The Morgan fingerprint density at radius 1 is 1.05 bits per heavy atom. The molecule has 0 bridgehead atoms. The van der Waals surface area contributed by atoms with Crippen LogP contribution in [0.15, 0.2) is 42.9 Å². The molecule has 0 radical (unpaired) electrons. The van der Waals surface area contributed by atoms with E-state index < -0.39 is 0 Å². The first-order valence-corrected chi connectivity index (χ1v) is 6.06. The fourth-order valence-corrected chi connectivity index (χ4v) is 1.90. The number of benzene rings is 1. The largest absolute Gasteiger partial charge is 0.347 e. The minimum Gasteiger partial charge on any atom is -0.347 e. The standard InChI is InChI=1S/C13H14N6/c1-2-4-10(5-3-1)13-12(17-19-18-13)8-14-6-11-7-15-9-16-11/h1-5,7,9,14H,6,8H2,(H,15,16)(H,17,18,19). The molecule has 3 aromatic rings. The first kappa shape index (κ1) is 11.6. The topological polar surface area (TPSA) is 82.3 Å². The van der Waals surface area contributed by atoms with Crippen molar-refractivity contribution in [3.05, 3.63) is 54.2 Å². The lowest BCUT2D eigenvalue weighted by molar-refractivity contribution is 0.668. The van der Waals surface area contributed by atoms with Gasteiger partial charge in [0.1, 0.15) is 11.4 Å². The fraction of sp³-hybridized carbons (Fsp3) is 0.154. The second kappa shape index (κ2) is 5.45. The van der Waals surface area contributed by atoms with E-state index >= 15 is 0 Å². The summed E-state index contributed by atoms with van der Waals surface area (Å²) in [5.41, 5.74) is 3.91. The zero-order chi connectivity index (χ0) is 12.9. The molecule has 0 aliphatic carbocycles. The number of nitrogens with zero attached hydrogens (tertiary/aromatic N) is 3. The minimum atomic E-state index is 0.653. The maximum absolute atomic E-state index is 4.21. The lowest BCUT2D eigenvalue weighted by Gasteiger charge is -2.02. The summed E-state index contributed by atoms with van der Waals surface area (Å²) in [7, 11) is 0. The van der Waals surface area contributed by atoms with Crippen LogP contribution in [0.2, 0.25) is 0 Å². The van der Waals surface area contributed by atoms with Crippen molar-refractivity contribution in [1.29, 1.82) is 0 Å². The molecule has 6 nitrogen and oxygen atoms in total. The molecule has 0 atom stereocenters. The average molecular weight is 254 g/mol. The van der Waals surface area contributed by atoms with Crippen molar-refractivity contribution in [3.8, 4) is 11.3 Å². The summed E-state index contributed by atoms with van der Waals surface area (Å²) < 4.78 is 0. The van der Waals surface area contributed by atoms with E-state index in [1.165, 1.54) is 0 Å². The number of H-pyrrole nitrogens is 2. The molecule has 1 aromatic carbocycles. The maximum atomic E-state index is 4.21. The van der Waals surface area contributed by atoms with Crippen molar-refractivity contribution in [2.75, 3.05) is 0 Å². The number of nitrogens with one attached hydrogen (secondary N) is 3. The molecule has 0 unspecified atom stereocenters. The summed E-state index contributed by atoms with van der Waals surface area (Å²) in [4.78, 5) is 7.02. The van der Waals surface area contributed by atoms with E-state index in [1.807, 2.05) is 30.3 Å². The van der Waals surface area contributed by atoms with Crippen LogP contribution in [-0.2, 0) is 13.1 Å². The molecular weight excluding hydrogens is 240 g/mol. The van der Waals surface area contributed by atoms with Gasteiger partial charge in [-0.25, -0.2) is 4.98 Å². The van der Waals surface area contributed by atoms with E-state index in [2.05, 4.69) is 30.7 Å². The van der Waals surface area contributed by atoms with E-state index in [9.17, 15) is 0 Å². The van der Waals surface area contributed by atoms with Gasteiger partial charge >= 0.3 is 0 Å².